The van der Waals surface area contributed by atoms with Crippen molar-refractivity contribution in [2.24, 2.45) is 0 Å². The average molecular weight is 604 g/mol. The molecule has 0 aromatic heterocycles. The fourth-order valence-corrected chi connectivity index (χ4v) is 4.30. The molecule has 1 saturated heterocycles. The van der Waals surface area contributed by atoms with Crippen LogP contribution in [0.4, 0.5) is 4.79 Å². The van der Waals surface area contributed by atoms with E-state index in [1.165, 1.54) is 6.08 Å². The van der Waals surface area contributed by atoms with Crippen molar-refractivity contribution in [3.8, 4) is 0 Å². The van der Waals surface area contributed by atoms with Crippen molar-refractivity contribution in [1.82, 2.24) is 5.32 Å². The van der Waals surface area contributed by atoms with Crippen LogP contribution in [0, 0.1) is 0 Å². The number of amides is 1. The van der Waals surface area contributed by atoms with Crippen LogP contribution in [0.3, 0.4) is 0 Å². The van der Waals surface area contributed by atoms with Gasteiger partial charge < -0.3 is 43.6 Å². The van der Waals surface area contributed by atoms with E-state index in [1.807, 2.05) is 0 Å². The van der Waals surface area contributed by atoms with Crippen LogP contribution in [0.2, 0.25) is 0 Å². The molecule has 1 heterocycles. The van der Waals surface area contributed by atoms with Crippen LogP contribution in [-0.2, 0) is 33.2 Å². The highest BCUT2D eigenvalue weighted by Crippen LogP contribution is 2.30. The summed E-state index contributed by atoms with van der Waals surface area (Å²) < 4.78 is 43.5. The van der Waals surface area contributed by atoms with Crippen molar-refractivity contribution in [3.63, 3.8) is 0 Å². The quantitative estimate of drug-likeness (QED) is 0.115. The molecule has 0 aromatic carbocycles. The lowest BCUT2D eigenvalue weighted by Gasteiger charge is -2.46. The summed E-state index contributed by atoms with van der Waals surface area (Å²) >= 11 is 0. The Morgan fingerprint density at radius 3 is 1.90 bits per heavy atom. The predicted octanol–water partition coefficient (Wildman–Crippen LogP) is 5.54. The highest BCUT2D eigenvalue weighted by atomic mass is 16.7. The summed E-state index contributed by atoms with van der Waals surface area (Å²) in [6.45, 7) is 20.0. The molecular formula is C32H61NO9. The molecule has 1 aliphatic heterocycles. The lowest BCUT2D eigenvalue weighted by atomic mass is 9.98. The summed E-state index contributed by atoms with van der Waals surface area (Å²) in [6.07, 6.45) is 4.49. The van der Waals surface area contributed by atoms with Crippen molar-refractivity contribution in [2.75, 3.05) is 39.6 Å². The van der Waals surface area contributed by atoms with Crippen LogP contribution in [0.25, 0.3) is 0 Å². The molecule has 10 heteroatoms. The first kappa shape index (κ1) is 38.8. The maximum Gasteiger partial charge on any atom is 0.408 e. The number of hydrogen-bond donors (Lipinski definition) is 2. The standard InChI is InChI=1S/C32H61NO9/c1-9-14-18-36-23-26-27(37-19-15-10-2)28(38-20-16-11-3)29(39-21-17-12-4)30(41-26)40-22-24(25(34)13-5)33-31(35)42-32(6,7)8/h13,24-30,34H,5,9-12,14-23H2,1-4,6-8H3,(H,33,35)/t24-,25+,26?,27-,28?,29?,30-/m0/s1. The first-order valence-electron chi connectivity index (χ1n) is 16.1. The third-order valence-corrected chi connectivity index (χ3v) is 6.74. The van der Waals surface area contributed by atoms with Gasteiger partial charge in [0.15, 0.2) is 6.29 Å². The molecule has 0 bridgehead atoms. The fraction of sp³-hybridized carbons (Fsp3) is 0.906. The Balaban J connectivity index is 3.26. The van der Waals surface area contributed by atoms with Crippen LogP contribution in [0.5, 0.6) is 0 Å². The van der Waals surface area contributed by atoms with E-state index in [0.717, 1.165) is 51.4 Å². The number of ether oxygens (including phenoxy) is 7. The minimum Gasteiger partial charge on any atom is -0.444 e. The van der Waals surface area contributed by atoms with Gasteiger partial charge in [-0.05, 0) is 46.5 Å². The summed E-state index contributed by atoms with van der Waals surface area (Å²) in [4.78, 5) is 12.5. The van der Waals surface area contributed by atoms with E-state index in [4.69, 9.17) is 33.2 Å². The fourth-order valence-electron chi connectivity index (χ4n) is 4.30. The monoisotopic (exact) mass is 603 g/mol. The number of carbonyl (C=O) groups excluding carboxylic acids is 1. The smallest absolute Gasteiger partial charge is 0.408 e. The second kappa shape index (κ2) is 22.3. The highest BCUT2D eigenvalue weighted by Gasteiger charge is 2.49. The molecule has 0 spiro atoms. The van der Waals surface area contributed by atoms with E-state index in [0.29, 0.717) is 33.0 Å². The SMILES string of the molecule is C=C[C@@H](O)[C@H](CO[C@H]1OC(COCCCC)[C@H](OCCCC)C(OCCCC)C1OCCCC)NC(=O)OC(C)(C)C. The summed E-state index contributed by atoms with van der Waals surface area (Å²) in [7, 11) is 0. The molecule has 0 radical (unpaired) electrons. The van der Waals surface area contributed by atoms with Crippen molar-refractivity contribution in [1.29, 1.82) is 0 Å². The molecule has 0 aliphatic carbocycles. The van der Waals surface area contributed by atoms with E-state index in [2.05, 4.69) is 39.6 Å². The van der Waals surface area contributed by atoms with Gasteiger partial charge in [-0.3, -0.25) is 0 Å². The van der Waals surface area contributed by atoms with Crippen LogP contribution >= 0.6 is 0 Å². The summed E-state index contributed by atoms with van der Waals surface area (Å²) in [5.74, 6) is 0. The maximum absolute atomic E-state index is 12.5. The zero-order chi connectivity index (χ0) is 31.4. The molecule has 7 atom stereocenters. The van der Waals surface area contributed by atoms with Crippen LogP contribution in [0.1, 0.15) is 99.8 Å². The van der Waals surface area contributed by atoms with Gasteiger partial charge in [-0.25, -0.2) is 4.79 Å². The number of alkyl carbamates (subject to hydrolysis) is 1. The topological polar surface area (TPSA) is 114 Å². The number of rotatable bonds is 23. The minimum atomic E-state index is -1.07. The lowest BCUT2D eigenvalue weighted by molar-refractivity contribution is -0.325. The minimum absolute atomic E-state index is 0.0722. The van der Waals surface area contributed by atoms with Gasteiger partial charge in [0, 0.05) is 26.4 Å². The van der Waals surface area contributed by atoms with E-state index < -0.39 is 54.5 Å². The lowest BCUT2D eigenvalue weighted by Crippen LogP contribution is -2.62. The first-order valence-corrected chi connectivity index (χ1v) is 16.1. The Morgan fingerprint density at radius 2 is 1.38 bits per heavy atom. The third-order valence-electron chi connectivity index (χ3n) is 6.74. The highest BCUT2D eigenvalue weighted by molar-refractivity contribution is 5.68. The first-order chi connectivity index (χ1) is 20.1. The van der Waals surface area contributed by atoms with Crippen molar-refractivity contribution in [3.05, 3.63) is 12.7 Å². The van der Waals surface area contributed by atoms with Gasteiger partial charge in [-0.1, -0.05) is 59.5 Å². The zero-order valence-electron chi connectivity index (χ0n) is 27.4. The average Bonchev–Trinajstić information content (AvgIpc) is 2.94. The number of nitrogens with one attached hydrogen (secondary N) is 1. The molecule has 1 fully saturated rings. The number of aliphatic hydroxyl groups excluding tert-OH is 1. The predicted molar refractivity (Wildman–Crippen MR) is 164 cm³/mol. The molecule has 42 heavy (non-hydrogen) atoms. The van der Waals surface area contributed by atoms with Crippen LogP contribution in [0.15, 0.2) is 12.7 Å². The number of carbonyl (C=O) groups is 1. The third kappa shape index (κ3) is 15.5. The Bertz CT molecular complexity index is 702. The van der Waals surface area contributed by atoms with Crippen molar-refractivity contribution < 1.29 is 43.1 Å². The Labute approximate surface area is 255 Å². The van der Waals surface area contributed by atoms with E-state index in [9.17, 15) is 9.90 Å². The Morgan fingerprint density at radius 1 is 0.857 bits per heavy atom. The van der Waals surface area contributed by atoms with Gasteiger partial charge in [0.25, 0.3) is 0 Å². The van der Waals surface area contributed by atoms with Gasteiger partial charge in [-0.15, -0.1) is 6.58 Å². The van der Waals surface area contributed by atoms with E-state index in [-0.39, 0.29) is 6.61 Å². The Kier molecular flexibility index (Phi) is 20.5. The van der Waals surface area contributed by atoms with E-state index >= 15 is 0 Å². The van der Waals surface area contributed by atoms with Gasteiger partial charge in [0.2, 0.25) is 0 Å². The summed E-state index contributed by atoms with van der Waals surface area (Å²) in [5, 5.41) is 13.3. The molecule has 2 N–H and O–H groups in total. The molecule has 0 aromatic rings. The molecule has 1 amide bonds. The summed E-state index contributed by atoms with van der Waals surface area (Å²) in [5.41, 5.74) is -0.694. The Hall–Kier alpha value is -1.27. The molecule has 0 saturated carbocycles. The van der Waals surface area contributed by atoms with Gasteiger partial charge in [-0.2, -0.15) is 0 Å². The molecule has 1 rings (SSSR count). The molecular weight excluding hydrogens is 542 g/mol. The normalized spacial score (nSPS) is 24.2. The summed E-state index contributed by atoms with van der Waals surface area (Å²) in [6, 6.07) is -0.825. The van der Waals surface area contributed by atoms with Crippen molar-refractivity contribution >= 4 is 6.09 Å². The largest absolute Gasteiger partial charge is 0.444 e. The molecule has 1 aliphatic rings. The van der Waals surface area contributed by atoms with E-state index in [1.54, 1.807) is 20.8 Å². The zero-order valence-corrected chi connectivity index (χ0v) is 27.4. The van der Waals surface area contributed by atoms with Crippen LogP contribution in [-0.4, -0.2) is 99.3 Å². The number of aliphatic hydroxyl groups is 1. The molecule has 10 nitrogen and oxygen atoms in total. The van der Waals surface area contributed by atoms with Crippen LogP contribution < -0.4 is 5.32 Å². The van der Waals surface area contributed by atoms with Gasteiger partial charge >= 0.3 is 6.09 Å². The maximum atomic E-state index is 12.5. The molecule has 248 valence electrons. The van der Waals surface area contributed by atoms with Gasteiger partial charge in [0.05, 0.1) is 25.4 Å². The molecule has 3 unspecified atom stereocenters. The van der Waals surface area contributed by atoms with Crippen molar-refractivity contribution in [2.45, 2.75) is 148 Å². The van der Waals surface area contributed by atoms with Gasteiger partial charge in [0.1, 0.15) is 30.0 Å². The second-order valence-electron chi connectivity index (χ2n) is 11.9. The number of hydrogen-bond acceptors (Lipinski definition) is 9. The second-order valence-corrected chi connectivity index (χ2v) is 11.9. The number of unbranched alkanes of at least 4 members (excludes halogenated alkanes) is 4.